The van der Waals surface area contributed by atoms with E-state index in [0.29, 0.717) is 33.7 Å². The van der Waals surface area contributed by atoms with Crippen LogP contribution in [-0.2, 0) is 6.61 Å². The van der Waals surface area contributed by atoms with Crippen LogP contribution >= 0.6 is 11.6 Å². The molecule has 0 atom stereocenters. The van der Waals surface area contributed by atoms with Crippen LogP contribution in [0.1, 0.15) is 16.3 Å². The number of amides is 1. The molecule has 0 unspecified atom stereocenters. The van der Waals surface area contributed by atoms with Crippen molar-refractivity contribution in [3.8, 4) is 28.4 Å². The lowest BCUT2D eigenvalue weighted by Crippen LogP contribution is -2.11. The number of rotatable bonds is 6. The first kappa shape index (κ1) is 19.8. The van der Waals surface area contributed by atoms with Crippen molar-refractivity contribution in [3.63, 3.8) is 0 Å². The van der Waals surface area contributed by atoms with E-state index in [1.54, 1.807) is 54.6 Å². The number of hydrogen-bond donors (Lipinski definition) is 2. The van der Waals surface area contributed by atoms with E-state index < -0.39 is 5.91 Å². The van der Waals surface area contributed by atoms with Crippen LogP contribution in [0.4, 0.5) is 5.69 Å². The van der Waals surface area contributed by atoms with E-state index in [-0.39, 0.29) is 12.4 Å². The number of aliphatic hydroxyl groups is 1. The highest BCUT2D eigenvalue weighted by Gasteiger charge is 2.16. The van der Waals surface area contributed by atoms with E-state index in [4.69, 9.17) is 25.2 Å². The lowest BCUT2D eigenvalue weighted by Gasteiger charge is -2.11. The number of benzene rings is 2. The number of ether oxygens (including phenoxy) is 1. The van der Waals surface area contributed by atoms with Crippen molar-refractivity contribution in [2.24, 2.45) is 0 Å². The van der Waals surface area contributed by atoms with Crippen LogP contribution in [0, 0.1) is 0 Å². The Hall–Kier alpha value is -3.48. The number of methoxy groups -OCH3 is 1. The van der Waals surface area contributed by atoms with Gasteiger partial charge in [-0.2, -0.15) is 0 Å². The fourth-order valence-electron chi connectivity index (χ4n) is 3.02. The fraction of sp³-hybridized carbons (Fsp3) is 0.0870. The normalized spacial score (nSPS) is 10.8. The van der Waals surface area contributed by atoms with E-state index in [0.717, 1.165) is 11.1 Å². The molecule has 0 radical (unpaired) electrons. The summed E-state index contributed by atoms with van der Waals surface area (Å²) in [6, 6.07) is 19.2. The molecule has 0 aliphatic rings. The Morgan fingerprint density at radius 2 is 1.77 bits per heavy atom. The third-order valence-electron chi connectivity index (χ3n) is 4.49. The first-order chi connectivity index (χ1) is 14.6. The Morgan fingerprint density at radius 3 is 2.50 bits per heavy atom. The first-order valence-corrected chi connectivity index (χ1v) is 9.50. The topological polar surface area (TPSA) is 84.8 Å². The second-order valence-electron chi connectivity index (χ2n) is 6.47. The summed E-state index contributed by atoms with van der Waals surface area (Å²) in [6.07, 6.45) is 0. The summed E-state index contributed by atoms with van der Waals surface area (Å²) < 4.78 is 16.6. The van der Waals surface area contributed by atoms with Crippen molar-refractivity contribution in [1.82, 2.24) is 0 Å². The summed E-state index contributed by atoms with van der Waals surface area (Å²) in [5, 5.41) is 12.6. The highest BCUT2D eigenvalue weighted by atomic mass is 35.5. The molecule has 0 aliphatic heterocycles. The van der Waals surface area contributed by atoms with Crippen LogP contribution in [0.5, 0.6) is 5.75 Å². The van der Waals surface area contributed by atoms with Crippen molar-refractivity contribution in [3.05, 3.63) is 83.3 Å². The number of furan rings is 2. The molecule has 4 aromatic rings. The SMILES string of the molecule is COc1ccc(-c2ccc(CO)o2)cc1NC(=O)c1ccc(-c2cccc(Cl)c2)o1. The Labute approximate surface area is 177 Å². The lowest BCUT2D eigenvalue weighted by atomic mass is 10.1. The number of nitrogens with one attached hydrogen (secondary N) is 1. The van der Waals surface area contributed by atoms with Crippen LogP contribution in [0.25, 0.3) is 22.6 Å². The zero-order chi connectivity index (χ0) is 21.1. The predicted octanol–water partition coefficient (Wildman–Crippen LogP) is 5.61. The van der Waals surface area contributed by atoms with E-state index in [1.807, 2.05) is 12.1 Å². The molecule has 0 saturated heterocycles. The van der Waals surface area contributed by atoms with Gasteiger partial charge in [-0.3, -0.25) is 4.79 Å². The Morgan fingerprint density at radius 1 is 1.00 bits per heavy atom. The summed E-state index contributed by atoms with van der Waals surface area (Å²) in [6.45, 7) is -0.187. The van der Waals surface area contributed by atoms with Crippen molar-refractivity contribution in [2.75, 3.05) is 12.4 Å². The molecular weight excluding hydrogens is 406 g/mol. The number of aliphatic hydroxyl groups excluding tert-OH is 1. The summed E-state index contributed by atoms with van der Waals surface area (Å²) >= 11 is 6.02. The molecule has 2 aromatic carbocycles. The average Bonchev–Trinajstić information content (AvgIpc) is 3.44. The minimum Gasteiger partial charge on any atom is -0.495 e. The molecule has 0 bridgehead atoms. The summed E-state index contributed by atoms with van der Waals surface area (Å²) in [5.74, 6) is 1.78. The predicted molar refractivity (Wildman–Crippen MR) is 114 cm³/mol. The second kappa shape index (κ2) is 8.49. The Bertz CT molecular complexity index is 1190. The lowest BCUT2D eigenvalue weighted by molar-refractivity contribution is 0.0997. The molecule has 2 heterocycles. The van der Waals surface area contributed by atoms with Gasteiger partial charge in [0.05, 0.1) is 12.8 Å². The van der Waals surface area contributed by atoms with Gasteiger partial charge in [-0.15, -0.1) is 0 Å². The maximum absolute atomic E-state index is 12.7. The van der Waals surface area contributed by atoms with Crippen molar-refractivity contribution >= 4 is 23.2 Å². The number of carbonyl (C=O) groups is 1. The van der Waals surface area contributed by atoms with Gasteiger partial charge < -0.3 is 24.0 Å². The highest BCUT2D eigenvalue weighted by Crippen LogP contribution is 2.32. The third kappa shape index (κ3) is 4.10. The molecule has 0 spiro atoms. The molecule has 2 N–H and O–H groups in total. The molecule has 1 amide bonds. The molecule has 7 heteroatoms. The molecule has 0 saturated carbocycles. The second-order valence-corrected chi connectivity index (χ2v) is 6.90. The molecule has 6 nitrogen and oxygen atoms in total. The molecular formula is C23H18ClNO5. The Kier molecular flexibility index (Phi) is 5.61. The van der Waals surface area contributed by atoms with Crippen LogP contribution < -0.4 is 10.1 Å². The van der Waals surface area contributed by atoms with Crippen LogP contribution in [-0.4, -0.2) is 18.1 Å². The molecule has 0 fully saturated rings. The van der Waals surface area contributed by atoms with E-state index in [2.05, 4.69) is 5.32 Å². The summed E-state index contributed by atoms with van der Waals surface area (Å²) in [5.41, 5.74) is 1.96. The fourth-order valence-corrected chi connectivity index (χ4v) is 3.21. The van der Waals surface area contributed by atoms with Crippen molar-refractivity contribution in [2.45, 2.75) is 6.61 Å². The quantitative estimate of drug-likeness (QED) is 0.421. The largest absolute Gasteiger partial charge is 0.495 e. The number of carbonyl (C=O) groups excluding carboxylic acids is 1. The van der Waals surface area contributed by atoms with Gasteiger partial charge in [0, 0.05) is 16.1 Å². The molecule has 152 valence electrons. The van der Waals surface area contributed by atoms with Gasteiger partial charge in [0.15, 0.2) is 5.76 Å². The summed E-state index contributed by atoms with van der Waals surface area (Å²) in [7, 11) is 1.52. The van der Waals surface area contributed by atoms with Crippen LogP contribution in [0.3, 0.4) is 0 Å². The van der Waals surface area contributed by atoms with E-state index >= 15 is 0 Å². The van der Waals surface area contributed by atoms with Gasteiger partial charge in [0.1, 0.15) is 29.6 Å². The minimum atomic E-state index is -0.422. The zero-order valence-corrected chi connectivity index (χ0v) is 16.8. The third-order valence-corrected chi connectivity index (χ3v) is 4.72. The van der Waals surface area contributed by atoms with Crippen molar-refractivity contribution < 1.29 is 23.5 Å². The standard InChI is InChI=1S/C23H18ClNO5/c1-28-21-7-5-15(19-8-6-17(13-26)29-19)12-18(21)25-23(27)22-10-9-20(30-22)14-3-2-4-16(24)11-14/h2-12,26H,13H2,1H3,(H,25,27). The van der Waals surface area contributed by atoms with Gasteiger partial charge >= 0.3 is 0 Å². The van der Waals surface area contributed by atoms with Crippen LogP contribution in [0.15, 0.2) is 75.6 Å². The maximum atomic E-state index is 12.7. The molecule has 2 aromatic heterocycles. The van der Waals surface area contributed by atoms with Gasteiger partial charge in [-0.1, -0.05) is 23.7 Å². The van der Waals surface area contributed by atoms with Gasteiger partial charge in [0.25, 0.3) is 5.91 Å². The van der Waals surface area contributed by atoms with Gasteiger partial charge in [0.2, 0.25) is 0 Å². The van der Waals surface area contributed by atoms with Crippen LogP contribution in [0.2, 0.25) is 5.02 Å². The summed E-state index contributed by atoms with van der Waals surface area (Å²) in [4.78, 5) is 12.7. The number of halogens is 1. The maximum Gasteiger partial charge on any atom is 0.291 e. The minimum absolute atomic E-state index is 0.151. The average molecular weight is 424 g/mol. The highest BCUT2D eigenvalue weighted by molar-refractivity contribution is 6.30. The molecule has 0 aliphatic carbocycles. The zero-order valence-electron chi connectivity index (χ0n) is 16.0. The van der Waals surface area contributed by atoms with Crippen molar-refractivity contribution in [1.29, 1.82) is 0 Å². The molecule has 30 heavy (non-hydrogen) atoms. The first-order valence-electron chi connectivity index (χ1n) is 9.12. The smallest absolute Gasteiger partial charge is 0.291 e. The molecule has 4 rings (SSSR count). The van der Waals surface area contributed by atoms with E-state index in [9.17, 15) is 9.90 Å². The van der Waals surface area contributed by atoms with Gasteiger partial charge in [-0.05, 0) is 54.6 Å². The monoisotopic (exact) mass is 423 g/mol. The number of hydrogen-bond acceptors (Lipinski definition) is 5. The number of anilines is 1. The van der Waals surface area contributed by atoms with Gasteiger partial charge in [-0.25, -0.2) is 0 Å². The van der Waals surface area contributed by atoms with E-state index in [1.165, 1.54) is 7.11 Å². The Balaban J connectivity index is 1.59.